The van der Waals surface area contributed by atoms with E-state index in [9.17, 15) is 8.78 Å². The van der Waals surface area contributed by atoms with E-state index < -0.39 is 23.3 Å². The average molecular weight is 777 g/mol. The van der Waals surface area contributed by atoms with Crippen molar-refractivity contribution in [3.63, 3.8) is 0 Å². The Morgan fingerprint density at radius 1 is 0.659 bits per heavy atom. The Morgan fingerprint density at radius 3 is 1.48 bits per heavy atom. The van der Waals surface area contributed by atoms with E-state index >= 15 is 8.78 Å². The zero-order valence-corrected chi connectivity index (χ0v) is 27.0. The molecule has 0 aliphatic heterocycles. The number of hydrogen-bond acceptors (Lipinski definition) is 3. The third-order valence-corrected chi connectivity index (χ3v) is 7.73. The van der Waals surface area contributed by atoms with Gasteiger partial charge in [-0.05, 0) is 71.5 Å². The predicted molar refractivity (Wildman–Crippen MR) is 163 cm³/mol. The van der Waals surface area contributed by atoms with Crippen molar-refractivity contribution in [3.8, 4) is 22.5 Å². The van der Waals surface area contributed by atoms with Crippen LogP contribution in [0.25, 0.3) is 22.5 Å². The summed E-state index contributed by atoms with van der Waals surface area (Å²) in [6.45, 7) is 8.24. The van der Waals surface area contributed by atoms with Crippen molar-refractivity contribution in [2.75, 3.05) is 4.90 Å². The third-order valence-electron chi connectivity index (χ3n) is 7.73. The minimum Gasteiger partial charge on any atom is -0.280 e. The van der Waals surface area contributed by atoms with Gasteiger partial charge in [-0.3, -0.25) is 32.4 Å². The van der Waals surface area contributed by atoms with Crippen molar-refractivity contribution in [2.24, 2.45) is 0 Å². The average Bonchev–Trinajstić information content (AvgIpc) is 3.00. The molecule has 0 aliphatic rings. The Kier molecular flexibility index (Phi) is 10.7. The number of nitrogens with zero attached hydrogens (tertiary/aromatic N) is 3. The van der Waals surface area contributed by atoms with Gasteiger partial charge in [-0.1, -0.05) is 81.3 Å². The van der Waals surface area contributed by atoms with Gasteiger partial charge in [0.25, 0.3) is 0 Å². The van der Waals surface area contributed by atoms with Gasteiger partial charge in [0.05, 0.1) is 0 Å². The summed E-state index contributed by atoms with van der Waals surface area (Å²) in [4.78, 5) is 11.5. The van der Waals surface area contributed by atoms with Crippen LogP contribution in [0.5, 0.6) is 0 Å². The second-order valence-electron chi connectivity index (χ2n) is 10.7. The van der Waals surface area contributed by atoms with E-state index in [4.69, 9.17) is 9.97 Å². The molecular formula is C36H31F4N3Pt. The molecule has 0 N–H and O–H groups in total. The standard InChI is InChI=1S/C36H31F4N3.Pt/c1-5-22(3)24-16-33(29-14-12-26(37)20-31(29)39)41-35(18-24)43(28-10-8-7-9-11-28)36-19-25(23(4)6-2)17-34(42-36)30-15-13-27(38)21-32(30)40;/h7-13,16-23H,5-6H2,1-4H3;/q-2;+2. The molecule has 228 valence electrons. The summed E-state index contributed by atoms with van der Waals surface area (Å²) in [5, 5.41) is 0. The van der Waals surface area contributed by atoms with E-state index in [1.54, 1.807) is 12.1 Å². The summed E-state index contributed by atoms with van der Waals surface area (Å²) < 4.78 is 57.6. The van der Waals surface area contributed by atoms with Gasteiger partial charge in [0.15, 0.2) is 0 Å². The van der Waals surface area contributed by atoms with Gasteiger partial charge in [0.1, 0.15) is 11.6 Å². The summed E-state index contributed by atoms with van der Waals surface area (Å²) in [7, 11) is 0. The van der Waals surface area contributed by atoms with Crippen molar-refractivity contribution < 1.29 is 38.6 Å². The number of halogens is 4. The molecular weight excluding hydrogens is 745 g/mol. The van der Waals surface area contributed by atoms with Crippen LogP contribution in [0.4, 0.5) is 34.9 Å². The number of hydrogen-bond donors (Lipinski definition) is 0. The van der Waals surface area contributed by atoms with E-state index in [-0.39, 0.29) is 44.0 Å². The quantitative estimate of drug-likeness (QED) is 0.110. The van der Waals surface area contributed by atoms with Gasteiger partial charge in [0, 0.05) is 29.0 Å². The molecule has 5 aromatic rings. The fraction of sp³-hybridized carbons (Fsp3) is 0.222. The first-order valence-corrected chi connectivity index (χ1v) is 14.3. The molecule has 44 heavy (non-hydrogen) atoms. The topological polar surface area (TPSA) is 29.0 Å². The molecule has 5 rings (SSSR count). The van der Waals surface area contributed by atoms with Crippen molar-refractivity contribution in [1.29, 1.82) is 0 Å². The summed E-state index contributed by atoms with van der Waals surface area (Å²) in [5.41, 5.74) is 3.20. The molecule has 0 saturated heterocycles. The minimum atomic E-state index is -0.771. The second kappa shape index (κ2) is 14.3. The molecule has 2 aromatic heterocycles. The molecule has 2 unspecified atom stereocenters. The number of aromatic nitrogens is 2. The number of rotatable bonds is 9. The number of pyridine rings is 2. The van der Waals surface area contributed by atoms with E-state index in [1.165, 1.54) is 0 Å². The van der Waals surface area contributed by atoms with Gasteiger partial charge in [-0.2, -0.15) is 0 Å². The molecule has 3 nitrogen and oxygen atoms in total. The molecule has 0 spiro atoms. The normalized spacial score (nSPS) is 12.4. The number of para-hydroxylation sites is 1. The van der Waals surface area contributed by atoms with E-state index in [0.29, 0.717) is 28.7 Å². The maximum atomic E-state index is 15.0. The molecule has 8 heteroatoms. The maximum Gasteiger partial charge on any atom is 2.00 e. The molecule has 0 saturated carbocycles. The molecule has 2 atom stereocenters. The Morgan fingerprint density at radius 2 is 1.09 bits per heavy atom. The van der Waals surface area contributed by atoms with Crippen LogP contribution in [0.2, 0.25) is 0 Å². The zero-order chi connectivity index (χ0) is 30.7. The van der Waals surface area contributed by atoms with Crippen molar-refractivity contribution in [2.45, 2.75) is 52.4 Å². The first kappa shape index (κ1) is 33.1. The van der Waals surface area contributed by atoms with Gasteiger partial charge < -0.3 is 0 Å². The molecule has 0 aliphatic carbocycles. The van der Waals surface area contributed by atoms with Crippen LogP contribution in [0.1, 0.15) is 63.5 Å². The van der Waals surface area contributed by atoms with Gasteiger partial charge >= 0.3 is 21.1 Å². The molecule has 2 heterocycles. The fourth-order valence-electron chi connectivity index (χ4n) is 4.84. The third kappa shape index (κ3) is 7.10. The minimum absolute atomic E-state index is 0. The predicted octanol–water partition coefficient (Wildman–Crippen LogP) is 10.5. The molecule has 0 fully saturated rings. The zero-order valence-electron chi connectivity index (χ0n) is 24.7. The van der Waals surface area contributed by atoms with Gasteiger partial charge in [-0.15, -0.1) is 24.3 Å². The number of anilines is 3. The summed E-state index contributed by atoms with van der Waals surface area (Å²) in [6.07, 6.45) is 1.63. The second-order valence-corrected chi connectivity index (χ2v) is 10.7. The van der Waals surface area contributed by atoms with E-state index in [1.807, 2.05) is 47.4 Å². The molecule has 0 radical (unpaired) electrons. The summed E-state index contributed by atoms with van der Waals surface area (Å²) in [5.74, 6) is -1.92. The van der Waals surface area contributed by atoms with Crippen LogP contribution < -0.4 is 4.90 Å². The maximum absolute atomic E-state index is 15.0. The van der Waals surface area contributed by atoms with Crippen LogP contribution in [-0.2, 0) is 21.1 Å². The Hall–Kier alpha value is -3.83. The van der Waals surface area contributed by atoms with Crippen LogP contribution in [-0.4, -0.2) is 9.97 Å². The smallest absolute Gasteiger partial charge is 0.280 e. The number of benzene rings is 3. The fourth-order valence-corrected chi connectivity index (χ4v) is 4.84. The molecule has 0 bridgehead atoms. The summed E-state index contributed by atoms with van der Waals surface area (Å²) >= 11 is 0. The van der Waals surface area contributed by atoms with E-state index in [2.05, 4.69) is 39.8 Å². The van der Waals surface area contributed by atoms with Gasteiger partial charge in [-0.25, -0.2) is 0 Å². The Balaban J connectivity index is 0.00000442. The van der Waals surface area contributed by atoms with Crippen molar-refractivity contribution in [3.05, 3.63) is 125 Å². The van der Waals surface area contributed by atoms with Gasteiger partial charge in [0.2, 0.25) is 0 Å². The summed E-state index contributed by atoms with van der Waals surface area (Å²) in [6, 6.07) is 26.1. The molecule has 3 aromatic carbocycles. The van der Waals surface area contributed by atoms with Crippen molar-refractivity contribution in [1.82, 2.24) is 9.97 Å². The van der Waals surface area contributed by atoms with E-state index in [0.717, 1.165) is 48.2 Å². The van der Waals surface area contributed by atoms with Crippen LogP contribution in [0.3, 0.4) is 0 Å². The first-order valence-electron chi connectivity index (χ1n) is 14.3. The monoisotopic (exact) mass is 776 g/mol. The Bertz CT molecular complexity index is 1640. The molecule has 0 amide bonds. The van der Waals surface area contributed by atoms with Crippen LogP contribution in [0, 0.1) is 35.4 Å². The van der Waals surface area contributed by atoms with Crippen LogP contribution >= 0.6 is 0 Å². The largest absolute Gasteiger partial charge is 2.00 e. The van der Waals surface area contributed by atoms with Crippen molar-refractivity contribution >= 4 is 17.3 Å². The van der Waals surface area contributed by atoms with Crippen LogP contribution in [0.15, 0.2) is 78.9 Å². The first-order chi connectivity index (χ1) is 20.7. The SMILES string of the molecule is CCC(C)c1cc(-c2[c-]cc(F)cc2F)nc(N(c2ccccc2)c2cc(C(C)CC)cc(-c3[c-]cc(F)cc3F)n2)c1.[Pt+2]. The Labute approximate surface area is 270 Å².